The molecule has 3 aromatic rings. The number of benzene rings is 2. The largest absolute Gasteiger partial charge is 0.497 e. The molecule has 1 amide bonds. The summed E-state index contributed by atoms with van der Waals surface area (Å²) in [5, 5.41) is 3.50. The second-order valence-corrected chi connectivity index (χ2v) is 6.38. The number of nitrogens with one attached hydrogen (secondary N) is 1. The van der Waals surface area contributed by atoms with E-state index in [9.17, 15) is 9.59 Å². The summed E-state index contributed by atoms with van der Waals surface area (Å²) in [6, 6.07) is 14.5. The number of methoxy groups -OCH3 is 2. The summed E-state index contributed by atoms with van der Waals surface area (Å²) in [7, 11) is 3.16. The van der Waals surface area contributed by atoms with E-state index < -0.39 is 11.9 Å². The van der Waals surface area contributed by atoms with E-state index in [1.54, 1.807) is 39.3 Å². The number of aromatic nitrogens is 1. The summed E-state index contributed by atoms with van der Waals surface area (Å²) in [5.74, 6) is 0.411. The van der Waals surface area contributed by atoms with Crippen molar-refractivity contribution in [2.75, 3.05) is 20.8 Å². The van der Waals surface area contributed by atoms with E-state index in [0.717, 1.165) is 16.5 Å². The van der Waals surface area contributed by atoms with Crippen molar-refractivity contribution in [2.24, 2.45) is 0 Å². The summed E-state index contributed by atoms with van der Waals surface area (Å²) >= 11 is 0. The zero-order chi connectivity index (χ0) is 20.8. The Balaban J connectivity index is 1.59. The monoisotopic (exact) mass is 394 g/mol. The van der Waals surface area contributed by atoms with Gasteiger partial charge in [-0.2, -0.15) is 0 Å². The predicted octanol–water partition coefficient (Wildman–Crippen LogP) is 3.03. The van der Waals surface area contributed by atoms with Gasteiger partial charge in [-0.15, -0.1) is 0 Å². The minimum atomic E-state index is -0.593. The molecule has 29 heavy (non-hydrogen) atoms. The van der Waals surface area contributed by atoms with Gasteiger partial charge in [0.05, 0.1) is 31.0 Å². The maximum absolute atomic E-state index is 12.4. The maximum Gasteiger partial charge on any atom is 0.340 e. The van der Waals surface area contributed by atoms with Gasteiger partial charge in [0.1, 0.15) is 11.5 Å². The average molecular weight is 394 g/mol. The number of carbonyl (C=O) groups excluding carboxylic acids is 2. The summed E-state index contributed by atoms with van der Waals surface area (Å²) in [5.41, 5.74) is 2.44. The second kappa shape index (κ2) is 9.05. The lowest BCUT2D eigenvalue weighted by molar-refractivity contribution is -0.124. The molecule has 7 nitrogen and oxygen atoms in total. The molecule has 0 aliphatic rings. The van der Waals surface area contributed by atoms with Crippen molar-refractivity contribution in [3.63, 3.8) is 0 Å². The van der Waals surface area contributed by atoms with Crippen LogP contribution in [0.4, 0.5) is 0 Å². The molecule has 150 valence electrons. The third-order valence-electron chi connectivity index (χ3n) is 4.39. The lowest BCUT2D eigenvalue weighted by atomic mass is 10.1. The number of esters is 1. The van der Waals surface area contributed by atoms with E-state index in [1.165, 1.54) is 0 Å². The SMILES string of the molecule is COc1cccc(CNC(=O)COC(=O)c2cc3ccc(OC)cc3nc2C)c1. The quantitative estimate of drug-likeness (QED) is 0.620. The molecule has 0 unspecified atom stereocenters. The van der Waals surface area contributed by atoms with Crippen LogP contribution in [0, 0.1) is 6.92 Å². The van der Waals surface area contributed by atoms with Crippen molar-refractivity contribution >= 4 is 22.8 Å². The van der Waals surface area contributed by atoms with Gasteiger partial charge >= 0.3 is 5.97 Å². The van der Waals surface area contributed by atoms with Gasteiger partial charge in [-0.25, -0.2) is 4.79 Å². The van der Waals surface area contributed by atoms with Gasteiger partial charge in [0, 0.05) is 18.0 Å². The number of fused-ring (bicyclic) bond motifs is 1. The van der Waals surface area contributed by atoms with Crippen LogP contribution in [-0.4, -0.2) is 37.7 Å². The fraction of sp³-hybridized carbons (Fsp3) is 0.227. The second-order valence-electron chi connectivity index (χ2n) is 6.38. The topological polar surface area (TPSA) is 86.8 Å². The van der Waals surface area contributed by atoms with Crippen LogP contribution in [0.25, 0.3) is 10.9 Å². The van der Waals surface area contributed by atoms with Gasteiger partial charge in [0.25, 0.3) is 5.91 Å². The Morgan fingerprint density at radius 2 is 1.76 bits per heavy atom. The van der Waals surface area contributed by atoms with Crippen LogP contribution >= 0.6 is 0 Å². The van der Waals surface area contributed by atoms with Crippen LogP contribution in [0.2, 0.25) is 0 Å². The molecule has 0 spiro atoms. The van der Waals surface area contributed by atoms with E-state index >= 15 is 0 Å². The lowest BCUT2D eigenvalue weighted by Gasteiger charge is -2.10. The van der Waals surface area contributed by atoms with Gasteiger partial charge in [-0.05, 0) is 42.8 Å². The van der Waals surface area contributed by atoms with E-state index in [4.69, 9.17) is 14.2 Å². The molecule has 0 aliphatic heterocycles. The first kappa shape index (κ1) is 20.1. The highest BCUT2D eigenvalue weighted by Gasteiger charge is 2.15. The molecule has 7 heteroatoms. The van der Waals surface area contributed by atoms with Gasteiger partial charge in [-0.3, -0.25) is 9.78 Å². The highest BCUT2D eigenvalue weighted by Crippen LogP contribution is 2.22. The Bertz CT molecular complexity index is 1050. The van der Waals surface area contributed by atoms with Crippen molar-refractivity contribution in [3.8, 4) is 11.5 Å². The Hall–Kier alpha value is -3.61. The Kier molecular flexibility index (Phi) is 6.29. The molecule has 0 saturated heterocycles. The molecule has 0 atom stereocenters. The number of nitrogens with zero attached hydrogens (tertiary/aromatic N) is 1. The number of carbonyl (C=O) groups is 2. The van der Waals surface area contributed by atoms with Crippen LogP contribution in [0.1, 0.15) is 21.6 Å². The van der Waals surface area contributed by atoms with Gasteiger partial charge in [0.2, 0.25) is 0 Å². The normalized spacial score (nSPS) is 10.4. The van der Waals surface area contributed by atoms with Crippen molar-refractivity contribution in [1.29, 1.82) is 0 Å². The summed E-state index contributed by atoms with van der Waals surface area (Å²) in [4.78, 5) is 28.9. The molecule has 3 rings (SSSR count). The van der Waals surface area contributed by atoms with E-state index in [2.05, 4.69) is 10.3 Å². The summed E-state index contributed by atoms with van der Waals surface area (Å²) in [6.07, 6.45) is 0. The van der Waals surface area contributed by atoms with Crippen molar-refractivity contribution in [1.82, 2.24) is 10.3 Å². The number of aryl methyl sites for hydroxylation is 1. The molecular weight excluding hydrogens is 372 g/mol. The molecule has 0 radical (unpaired) electrons. The third-order valence-corrected chi connectivity index (χ3v) is 4.39. The van der Waals surface area contributed by atoms with Crippen molar-refractivity contribution < 1.29 is 23.8 Å². The predicted molar refractivity (Wildman–Crippen MR) is 108 cm³/mol. The number of rotatable bonds is 7. The first-order valence-electron chi connectivity index (χ1n) is 9.02. The number of amides is 1. The zero-order valence-corrected chi connectivity index (χ0v) is 16.5. The zero-order valence-electron chi connectivity index (χ0n) is 16.5. The molecule has 0 aliphatic carbocycles. The average Bonchev–Trinajstić information content (AvgIpc) is 2.75. The fourth-order valence-corrected chi connectivity index (χ4v) is 2.82. The molecule has 0 bridgehead atoms. The van der Waals surface area contributed by atoms with Crippen molar-refractivity contribution in [2.45, 2.75) is 13.5 Å². The van der Waals surface area contributed by atoms with Crippen molar-refractivity contribution in [3.05, 3.63) is 65.4 Å². The van der Waals surface area contributed by atoms with Gasteiger partial charge in [0.15, 0.2) is 6.61 Å². The Morgan fingerprint density at radius 1 is 1.00 bits per heavy atom. The summed E-state index contributed by atoms with van der Waals surface area (Å²) < 4.78 is 15.5. The number of ether oxygens (including phenoxy) is 3. The molecule has 2 aromatic carbocycles. The van der Waals surface area contributed by atoms with E-state index in [1.807, 2.05) is 30.3 Å². The highest BCUT2D eigenvalue weighted by molar-refractivity contribution is 5.96. The number of pyridine rings is 1. The van der Waals surface area contributed by atoms with E-state index in [0.29, 0.717) is 29.3 Å². The smallest absolute Gasteiger partial charge is 0.340 e. The Morgan fingerprint density at radius 3 is 2.52 bits per heavy atom. The number of hydrogen-bond acceptors (Lipinski definition) is 6. The first-order chi connectivity index (χ1) is 14.0. The van der Waals surface area contributed by atoms with Crippen LogP contribution in [0.5, 0.6) is 11.5 Å². The molecule has 1 N–H and O–H groups in total. The fourth-order valence-electron chi connectivity index (χ4n) is 2.82. The Labute approximate surface area is 168 Å². The summed E-state index contributed by atoms with van der Waals surface area (Å²) in [6.45, 7) is 1.66. The highest BCUT2D eigenvalue weighted by atomic mass is 16.5. The van der Waals surface area contributed by atoms with Gasteiger partial charge in [-0.1, -0.05) is 12.1 Å². The molecule has 0 fully saturated rings. The minimum Gasteiger partial charge on any atom is -0.497 e. The maximum atomic E-state index is 12.4. The van der Waals surface area contributed by atoms with Crippen LogP contribution < -0.4 is 14.8 Å². The van der Waals surface area contributed by atoms with Gasteiger partial charge < -0.3 is 19.5 Å². The molecule has 0 saturated carbocycles. The van der Waals surface area contributed by atoms with Crippen LogP contribution in [-0.2, 0) is 16.1 Å². The first-order valence-corrected chi connectivity index (χ1v) is 9.02. The number of hydrogen-bond donors (Lipinski definition) is 1. The lowest BCUT2D eigenvalue weighted by Crippen LogP contribution is -2.28. The standard InChI is InChI=1S/C22H22N2O5/c1-14-19(10-16-7-8-18(28-3)11-20(16)24-14)22(26)29-13-21(25)23-12-15-5-4-6-17(9-15)27-2/h4-11H,12-13H2,1-3H3,(H,23,25). The van der Waals surface area contributed by atoms with E-state index in [-0.39, 0.29) is 6.61 Å². The molecule has 1 aromatic heterocycles. The molecular formula is C22H22N2O5. The molecule has 1 heterocycles. The van der Waals surface area contributed by atoms with Crippen LogP contribution in [0.15, 0.2) is 48.5 Å². The third kappa shape index (κ3) is 5.01. The van der Waals surface area contributed by atoms with Crippen LogP contribution in [0.3, 0.4) is 0 Å². The minimum absolute atomic E-state index is 0.311.